The molecule has 2 rings (SSSR count). The van der Waals surface area contributed by atoms with E-state index >= 15 is 0 Å². The summed E-state index contributed by atoms with van der Waals surface area (Å²) in [5.41, 5.74) is 8.34. The third-order valence-corrected chi connectivity index (χ3v) is 4.85. The normalized spacial score (nSPS) is 11.4. The summed E-state index contributed by atoms with van der Waals surface area (Å²) in [6.07, 6.45) is 0.805. The third kappa shape index (κ3) is 5.76. The topological polar surface area (TPSA) is 56.8 Å². The lowest BCUT2D eigenvalue weighted by Gasteiger charge is -2.09. The number of hydrogen-bond donors (Lipinski definition) is 1. The number of nitrogens with two attached hydrogens (primary N) is 1. The van der Waals surface area contributed by atoms with Gasteiger partial charge in [0.1, 0.15) is 0 Å². The van der Waals surface area contributed by atoms with E-state index in [9.17, 15) is 0 Å². The van der Waals surface area contributed by atoms with Gasteiger partial charge in [-0.2, -0.15) is 0 Å². The van der Waals surface area contributed by atoms with Gasteiger partial charge >= 0.3 is 0 Å². The minimum Gasteiger partial charge on any atom is -0.493 e. The van der Waals surface area contributed by atoms with Crippen LogP contribution in [0.25, 0.3) is 0 Å². The molecule has 0 bridgehead atoms. The molecule has 0 saturated heterocycles. The molecule has 0 atom stereocenters. The zero-order valence-electron chi connectivity index (χ0n) is 13.8. The van der Waals surface area contributed by atoms with Gasteiger partial charge < -0.3 is 15.2 Å². The Morgan fingerprint density at radius 1 is 1.04 bits per heavy atom. The summed E-state index contributed by atoms with van der Waals surface area (Å²) in [5.74, 6) is 2.28. The van der Waals surface area contributed by atoms with Gasteiger partial charge in [-0.15, -0.1) is 0 Å². The van der Waals surface area contributed by atoms with E-state index in [0.717, 1.165) is 33.7 Å². The maximum absolute atomic E-state index is 5.98. The molecule has 2 aromatic rings. The predicted molar refractivity (Wildman–Crippen MR) is 105 cm³/mol. The van der Waals surface area contributed by atoms with Gasteiger partial charge in [0.05, 0.1) is 14.2 Å². The molecule has 0 radical (unpaired) electrons. The highest BCUT2D eigenvalue weighted by molar-refractivity contribution is 9.10. The third-order valence-electron chi connectivity index (χ3n) is 3.42. The fraction of sp³-hybridized carbons (Fsp3) is 0.278. The van der Waals surface area contributed by atoms with Gasteiger partial charge in [-0.1, -0.05) is 45.9 Å². The molecule has 0 spiro atoms. The van der Waals surface area contributed by atoms with Gasteiger partial charge in [0.2, 0.25) is 0 Å². The molecule has 24 heavy (non-hydrogen) atoms. The molecular weight excluding hydrogens is 388 g/mol. The van der Waals surface area contributed by atoms with Crippen molar-refractivity contribution in [2.24, 2.45) is 10.7 Å². The van der Waals surface area contributed by atoms with E-state index in [1.54, 1.807) is 26.0 Å². The Balaban J connectivity index is 1.83. The van der Waals surface area contributed by atoms with E-state index in [1.165, 1.54) is 5.56 Å². The predicted octanol–water partition coefficient (Wildman–Crippen LogP) is 4.26. The minimum absolute atomic E-state index is 0.610. The van der Waals surface area contributed by atoms with E-state index in [0.29, 0.717) is 11.7 Å². The number of halogens is 1. The first kappa shape index (κ1) is 18.7. The second-order valence-electron chi connectivity index (χ2n) is 5.07. The Labute approximate surface area is 155 Å². The maximum atomic E-state index is 5.98. The molecule has 0 aromatic heterocycles. The van der Waals surface area contributed by atoms with Crippen molar-refractivity contribution in [3.8, 4) is 11.5 Å². The first-order valence-electron chi connectivity index (χ1n) is 7.50. The van der Waals surface area contributed by atoms with Crippen LogP contribution in [-0.2, 0) is 12.2 Å². The molecule has 0 amide bonds. The van der Waals surface area contributed by atoms with Gasteiger partial charge in [-0.3, -0.25) is 4.99 Å². The van der Waals surface area contributed by atoms with Gasteiger partial charge in [-0.25, -0.2) is 0 Å². The lowest BCUT2D eigenvalue weighted by Crippen LogP contribution is -2.08. The van der Waals surface area contributed by atoms with Crippen LogP contribution in [0, 0.1) is 0 Å². The van der Waals surface area contributed by atoms with E-state index in [2.05, 4.69) is 33.1 Å². The lowest BCUT2D eigenvalue weighted by atomic mass is 10.1. The molecular formula is C18H21BrN2O2S. The van der Waals surface area contributed by atoms with Crippen molar-refractivity contribution in [2.45, 2.75) is 12.2 Å². The standard InChI is InChI=1S/C18H21BrN2O2S/c1-22-16-8-5-13(11-17(16)23-2)9-10-21-18(20)24-12-14-3-6-15(19)7-4-14/h3-8,11H,9-10,12H2,1-2H3,(H2,20,21). The smallest absolute Gasteiger partial charge is 0.160 e. The van der Waals surface area contributed by atoms with Crippen LogP contribution in [0.15, 0.2) is 51.9 Å². The lowest BCUT2D eigenvalue weighted by molar-refractivity contribution is 0.354. The first-order valence-corrected chi connectivity index (χ1v) is 9.28. The fourth-order valence-electron chi connectivity index (χ4n) is 2.11. The van der Waals surface area contributed by atoms with E-state index in [-0.39, 0.29) is 0 Å². The largest absolute Gasteiger partial charge is 0.493 e. The Bertz CT molecular complexity index is 690. The van der Waals surface area contributed by atoms with Crippen LogP contribution in [-0.4, -0.2) is 25.9 Å². The Hall–Kier alpha value is -1.66. The van der Waals surface area contributed by atoms with Crippen molar-refractivity contribution in [3.05, 3.63) is 58.1 Å². The van der Waals surface area contributed by atoms with E-state index in [4.69, 9.17) is 15.2 Å². The number of thioether (sulfide) groups is 1. The van der Waals surface area contributed by atoms with Crippen molar-refractivity contribution in [1.82, 2.24) is 0 Å². The van der Waals surface area contributed by atoms with Crippen molar-refractivity contribution < 1.29 is 9.47 Å². The molecule has 0 saturated carbocycles. The second kappa shape index (κ2) is 9.59. The summed E-state index contributed by atoms with van der Waals surface area (Å²) in [4.78, 5) is 4.43. The maximum Gasteiger partial charge on any atom is 0.160 e. The van der Waals surface area contributed by atoms with Gasteiger partial charge in [0.25, 0.3) is 0 Å². The first-order chi connectivity index (χ1) is 11.6. The zero-order chi connectivity index (χ0) is 17.4. The zero-order valence-corrected chi connectivity index (χ0v) is 16.2. The van der Waals surface area contributed by atoms with Gasteiger partial charge in [0, 0.05) is 16.8 Å². The molecule has 2 aromatic carbocycles. The highest BCUT2D eigenvalue weighted by Gasteiger charge is 2.04. The van der Waals surface area contributed by atoms with Crippen LogP contribution < -0.4 is 15.2 Å². The average Bonchev–Trinajstić information content (AvgIpc) is 2.61. The average molecular weight is 409 g/mol. The molecule has 0 aliphatic rings. The summed E-state index contributed by atoms with van der Waals surface area (Å²) < 4.78 is 11.6. The summed E-state index contributed by atoms with van der Waals surface area (Å²) in [6, 6.07) is 14.1. The Morgan fingerprint density at radius 3 is 2.38 bits per heavy atom. The van der Waals surface area contributed by atoms with Crippen molar-refractivity contribution in [3.63, 3.8) is 0 Å². The molecule has 0 fully saturated rings. The van der Waals surface area contributed by atoms with Crippen LogP contribution in [0.5, 0.6) is 11.5 Å². The van der Waals surface area contributed by atoms with Crippen LogP contribution in [0.2, 0.25) is 0 Å². The SMILES string of the molecule is COc1ccc(CCN=C(N)SCc2ccc(Br)cc2)cc1OC. The molecule has 0 unspecified atom stereocenters. The number of aliphatic imine (C=N–C) groups is 1. The van der Waals surface area contributed by atoms with Crippen LogP contribution in [0.1, 0.15) is 11.1 Å². The number of rotatable bonds is 7. The second-order valence-corrected chi connectivity index (χ2v) is 6.99. The number of hydrogen-bond acceptors (Lipinski definition) is 4. The molecule has 128 valence electrons. The van der Waals surface area contributed by atoms with E-state index in [1.807, 2.05) is 30.3 Å². The Kier molecular flexibility index (Phi) is 7.46. The minimum atomic E-state index is 0.610. The summed E-state index contributed by atoms with van der Waals surface area (Å²) in [6.45, 7) is 0.647. The molecule has 4 nitrogen and oxygen atoms in total. The number of nitrogens with zero attached hydrogens (tertiary/aromatic N) is 1. The molecule has 2 N–H and O–H groups in total. The monoisotopic (exact) mass is 408 g/mol. The molecule has 0 aliphatic carbocycles. The number of benzene rings is 2. The molecule has 0 aliphatic heterocycles. The van der Waals surface area contributed by atoms with E-state index < -0.39 is 0 Å². The van der Waals surface area contributed by atoms with Crippen molar-refractivity contribution >= 4 is 32.9 Å². The molecule has 6 heteroatoms. The Morgan fingerprint density at radius 2 is 1.71 bits per heavy atom. The fourth-order valence-corrected chi connectivity index (χ4v) is 3.07. The highest BCUT2D eigenvalue weighted by Crippen LogP contribution is 2.27. The van der Waals surface area contributed by atoms with Crippen LogP contribution in [0.4, 0.5) is 0 Å². The van der Waals surface area contributed by atoms with Gasteiger partial charge in [-0.05, 0) is 41.8 Å². The summed E-state index contributed by atoms with van der Waals surface area (Å²) in [5, 5.41) is 0.610. The number of ether oxygens (including phenoxy) is 2. The van der Waals surface area contributed by atoms with Crippen molar-refractivity contribution in [1.29, 1.82) is 0 Å². The van der Waals surface area contributed by atoms with Crippen molar-refractivity contribution in [2.75, 3.05) is 20.8 Å². The number of methoxy groups -OCH3 is 2. The quantitative estimate of drug-likeness (QED) is 0.549. The summed E-state index contributed by atoms with van der Waals surface area (Å²) in [7, 11) is 3.27. The van der Waals surface area contributed by atoms with Crippen LogP contribution >= 0.6 is 27.7 Å². The summed E-state index contributed by atoms with van der Waals surface area (Å²) >= 11 is 4.98. The number of amidine groups is 1. The van der Waals surface area contributed by atoms with Gasteiger partial charge in [0.15, 0.2) is 16.7 Å². The molecule has 0 heterocycles. The highest BCUT2D eigenvalue weighted by atomic mass is 79.9. The van der Waals surface area contributed by atoms with Crippen LogP contribution in [0.3, 0.4) is 0 Å².